The van der Waals surface area contributed by atoms with Crippen LogP contribution in [0.4, 0.5) is 4.39 Å². The molecule has 24 heavy (non-hydrogen) atoms. The van der Waals surface area contributed by atoms with Crippen molar-refractivity contribution in [1.82, 2.24) is 10.2 Å². The van der Waals surface area contributed by atoms with Crippen LogP contribution in [0.25, 0.3) is 0 Å². The lowest BCUT2D eigenvalue weighted by molar-refractivity contribution is -0.159. The fraction of sp³-hybridized carbons (Fsp3) is 0.529. The average molecular weight is 355 g/mol. The zero-order valence-electron chi connectivity index (χ0n) is 13.2. The van der Waals surface area contributed by atoms with Crippen LogP contribution in [0, 0.1) is 11.2 Å². The minimum absolute atomic E-state index is 0.121. The fourth-order valence-corrected chi connectivity index (χ4v) is 4.05. The molecule has 0 aromatic heterocycles. The third-order valence-electron chi connectivity index (χ3n) is 5.19. The molecular weight excluding hydrogens is 335 g/mol. The van der Waals surface area contributed by atoms with Gasteiger partial charge in [0, 0.05) is 29.7 Å². The number of nitrogens with one attached hydrogen (secondary N) is 1. The van der Waals surface area contributed by atoms with E-state index in [1.165, 1.54) is 12.1 Å². The smallest absolute Gasteiger partial charge is 0.313 e. The highest BCUT2D eigenvalue weighted by Gasteiger charge is 2.51. The van der Waals surface area contributed by atoms with Gasteiger partial charge in [0.05, 0.1) is 6.42 Å². The Hall–Kier alpha value is -1.66. The molecule has 2 aliphatic heterocycles. The molecule has 7 heteroatoms. The lowest BCUT2D eigenvalue weighted by atomic mass is 9.70. The number of hydrogen-bond donors (Lipinski definition) is 2. The van der Waals surface area contributed by atoms with Crippen molar-refractivity contribution < 1.29 is 19.1 Å². The van der Waals surface area contributed by atoms with E-state index in [9.17, 15) is 19.1 Å². The van der Waals surface area contributed by atoms with Crippen molar-refractivity contribution in [1.29, 1.82) is 0 Å². The van der Waals surface area contributed by atoms with Crippen molar-refractivity contribution in [2.75, 3.05) is 19.6 Å². The number of aliphatic carboxylic acids is 1. The van der Waals surface area contributed by atoms with E-state index in [1.807, 2.05) is 0 Å². The highest BCUT2D eigenvalue weighted by molar-refractivity contribution is 6.31. The molecule has 2 heterocycles. The summed E-state index contributed by atoms with van der Waals surface area (Å²) in [5, 5.41) is 13.2. The van der Waals surface area contributed by atoms with Crippen LogP contribution in [0.2, 0.25) is 5.02 Å². The number of fused-ring (bicyclic) bond motifs is 1. The predicted molar refractivity (Wildman–Crippen MR) is 87.4 cm³/mol. The van der Waals surface area contributed by atoms with E-state index < -0.39 is 17.2 Å². The predicted octanol–water partition coefficient (Wildman–Crippen LogP) is 2.08. The standard InChI is InChI=1S/C17H20ClFN2O3/c18-12-3-1-4-13(19)11(12)9-15(22)21-8-5-14-17(10-21,16(23)24)6-2-7-20-14/h1,3-4,14,20H,2,5-10H2,(H,23,24)/t14-,17+/m1/s1. The summed E-state index contributed by atoms with van der Waals surface area (Å²) in [7, 11) is 0. The topological polar surface area (TPSA) is 69.6 Å². The zero-order valence-corrected chi connectivity index (χ0v) is 14.0. The Balaban J connectivity index is 1.78. The number of hydrogen-bond acceptors (Lipinski definition) is 3. The summed E-state index contributed by atoms with van der Waals surface area (Å²) in [6.07, 6.45) is 1.75. The zero-order chi connectivity index (χ0) is 17.3. The van der Waals surface area contributed by atoms with Crippen LogP contribution in [-0.4, -0.2) is 47.6 Å². The highest BCUT2D eigenvalue weighted by atomic mass is 35.5. The largest absolute Gasteiger partial charge is 0.481 e. The molecule has 130 valence electrons. The van der Waals surface area contributed by atoms with Gasteiger partial charge in [-0.3, -0.25) is 9.59 Å². The molecule has 2 atom stereocenters. The first kappa shape index (κ1) is 17.2. The number of rotatable bonds is 3. The van der Waals surface area contributed by atoms with Gasteiger partial charge in [-0.2, -0.15) is 0 Å². The van der Waals surface area contributed by atoms with Gasteiger partial charge in [0.25, 0.3) is 0 Å². The van der Waals surface area contributed by atoms with Gasteiger partial charge in [0.1, 0.15) is 11.2 Å². The van der Waals surface area contributed by atoms with E-state index >= 15 is 0 Å². The number of carboxylic acid groups (broad SMARTS) is 1. The van der Waals surface area contributed by atoms with E-state index in [0.29, 0.717) is 19.4 Å². The van der Waals surface area contributed by atoms with Crippen molar-refractivity contribution in [3.05, 3.63) is 34.6 Å². The summed E-state index contributed by atoms with van der Waals surface area (Å²) in [5.41, 5.74) is -0.789. The fourth-order valence-electron chi connectivity index (χ4n) is 3.82. The number of piperidine rings is 2. The molecule has 1 aromatic rings. The first-order valence-corrected chi connectivity index (χ1v) is 8.49. The van der Waals surface area contributed by atoms with Gasteiger partial charge in [-0.1, -0.05) is 17.7 Å². The normalized spacial score (nSPS) is 26.8. The number of carbonyl (C=O) groups excluding carboxylic acids is 1. The minimum Gasteiger partial charge on any atom is -0.481 e. The summed E-state index contributed by atoms with van der Waals surface area (Å²) in [6.45, 7) is 1.43. The molecule has 5 nitrogen and oxygen atoms in total. The second kappa shape index (κ2) is 6.69. The molecule has 0 unspecified atom stereocenters. The first-order valence-electron chi connectivity index (χ1n) is 8.11. The SMILES string of the molecule is O=C(Cc1c(F)cccc1Cl)N1CC[C@H]2NCCC[C@]2(C(=O)O)C1. The van der Waals surface area contributed by atoms with Crippen LogP contribution in [-0.2, 0) is 16.0 Å². The summed E-state index contributed by atoms with van der Waals surface area (Å²) < 4.78 is 13.9. The van der Waals surface area contributed by atoms with E-state index in [1.54, 1.807) is 11.0 Å². The lowest BCUT2D eigenvalue weighted by Gasteiger charge is -2.48. The number of amides is 1. The van der Waals surface area contributed by atoms with Crippen LogP contribution in [0.3, 0.4) is 0 Å². The van der Waals surface area contributed by atoms with Crippen LogP contribution in [0.1, 0.15) is 24.8 Å². The first-order chi connectivity index (χ1) is 11.4. The van der Waals surface area contributed by atoms with Gasteiger partial charge in [-0.05, 0) is 37.9 Å². The Kier molecular flexibility index (Phi) is 4.78. The molecule has 0 saturated carbocycles. The van der Waals surface area contributed by atoms with Gasteiger partial charge in [-0.25, -0.2) is 4.39 Å². The van der Waals surface area contributed by atoms with Gasteiger partial charge in [-0.15, -0.1) is 0 Å². The Morgan fingerprint density at radius 2 is 2.25 bits per heavy atom. The van der Waals surface area contributed by atoms with Crippen LogP contribution in [0.5, 0.6) is 0 Å². The van der Waals surface area contributed by atoms with Crippen molar-refractivity contribution in [2.24, 2.45) is 5.41 Å². The summed E-state index contributed by atoms with van der Waals surface area (Å²) >= 11 is 5.99. The van der Waals surface area contributed by atoms with E-state index in [4.69, 9.17) is 11.6 Å². The van der Waals surface area contributed by atoms with Crippen molar-refractivity contribution in [2.45, 2.75) is 31.7 Å². The Labute approximate surface area is 144 Å². The molecule has 1 amide bonds. The highest BCUT2D eigenvalue weighted by Crippen LogP contribution is 2.38. The molecule has 0 spiro atoms. The molecule has 0 bridgehead atoms. The minimum atomic E-state index is -0.953. The molecule has 1 aromatic carbocycles. The number of nitrogens with zero attached hydrogens (tertiary/aromatic N) is 1. The number of likely N-dealkylation sites (tertiary alicyclic amines) is 1. The number of carboxylic acids is 1. The number of benzene rings is 1. The van der Waals surface area contributed by atoms with E-state index in [-0.39, 0.29) is 35.5 Å². The monoisotopic (exact) mass is 354 g/mol. The second-order valence-electron chi connectivity index (χ2n) is 6.55. The maximum Gasteiger partial charge on any atom is 0.313 e. The van der Waals surface area contributed by atoms with Crippen LogP contribution >= 0.6 is 11.6 Å². The van der Waals surface area contributed by atoms with Gasteiger partial charge >= 0.3 is 5.97 Å². The van der Waals surface area contributed by atoms with Crippen LogP contribution in [0.15, 0.2) is 18.2 Å². The molecule has 2 N–H and O–H groups in total. The van der Waals surface area contributed by atoms with Crippen LogP contribution < -0.4 is 5.32 Å². The van der Waals surface area contributed by atoms with E-state index in [0.717, 1.165) is 13.0 Å². The summed E-state index contributed by atoms with van der Waals surface area (Å²) in [6, 6.07) is 4.18. The molecule has 0 aliphatic carbocycles. The maximum atomic E-state index is 13.9. The van der Waals surface area contributed by atoms with Crippen molar-refractivity contribution in [3.63, 3.8) is 0 Å². The van der Waals surface area contributed by atoms with Crippen molar-refractivity contribution >= 4 is 23.5 Å². The van der Waals surface area contributed by atoms with Gasteiger partial charge in [0.15, 0.2) is 0 Å². The van der Waals surface area contributed by atoms with Gasteiger partial charge < -0.3 is 15.3 Å². The molecule has 0 radical (unpaired) electrons. The van der Waals surface area contributed by atoms with Gasteiger partial charge in [0.2, 0.25) is 5.91 Å². The molecule has 3 rings (SSSR count). The number of halogens is 2. The molecule has 2 aliphatic rings. The lowest BCUT2D eigenvalue weighted by Crippen LogP contribution is -2.63. The Morgan fingerprint density at radius 3 is 2.96 bits per heavy atom. The summed E-state index contributed by atoms with van der Waals surface area (Å²) in [4.78, 5) is 26.0. The quantitative estimate of drug-likeness (QED) is 0.872. The Bertz CT molecular complexity index is 649. The average Bonchev–Trinajstić information content (AvgIpc) is 2.57. The third kappa shape index (κ3) is 3.00. The molecule has 2 saturated heterocycles. The third-order valence-corrected chi connectivity index (χ3v) is 5.54. The molecular formula is C17H20ClFN2O3. The molecule has 2 fully saturated rings. The second-order valence-corrected chi connectivity index (χ2v) is 6.96. The Morgan fingerprint density at radius 1 is 1.46 bits per heavy atom. The van der Waals surface area contributed by atoms with E-state index in [2.05, 4.69) is 5.32 Å². The number of carbonyl (C=O) groups is 2. The summed E-state index contributed by atoms with van der Waals surface area (Å²) in [5.74, 6) is -1.68. The van der Waals surface area contributed by atoms with Crippen molar-refractivity contribution in [3.8, 4) is 0 Å². The maximum absolute atomic E-state index is 13.9.